The van der Waals surface area contributed by atoms with Crippen LogP contribution in [0.2, 0.25) is 0 Å². The summed E-state index contributed by atoms with van der Waals surface area (Å²) in [5.74, 6) is 0. The predicted molar refractivity (Wildman–Crippen MR) is 188 cm³/mol. The quantitative estimate of drug-likeness (QED) is 0.177. The van der Waals surface area contributed by atoms with E-state index in [1.165, 1.54) is 93.6 Å². The maximum absolute atomic E-state index is 2.70. The number of aromatic nitrogens is 2. The van der Waals surface area contributed by atoms with Gasteiger partial charge in [0, 0.05) is 43.7 Å². The lowest BCUT2D eigenvalue weighted by Gasteiger charge is -2.30. The molecule has 0 saturated carbocycles. The maximum atomic E-state index is 2.70. The van der Waals surface area contributed by atoms with E-state index in [1.807, 2.05) is 0 Å². The summed E-state index contributed by atoms with van der Waals surface area (Å²) < 4.78 is 5.24. The molecule has 0 unspecified atom stereocenters. The van der Waals surface area contributed by atoms with E-state index in [-0.39, 0.29) is 12.3 Å². The number of nitrogens with zero attached hydrogens (tertiary/aromatic N) is 2. The highest BCUT2D eigenvalue weighted by molar-refractivity contribution is 6.88. The van der Waals surface area contributed by atoms with E-state index in [1.54, 1.807) is 0 Å². The van der Waals surface area contributed by atoms with Crippen molar-refractivity contribution in [2.45, 2.75) is 33.1 Å². The Labute approximate surface area is 257 Å². The highest BCUT2D eigenvalue weighted by Gasteiger charge is 2.41. The van der Waals surface area contributed by atoms with Crippen LogP contribution in [0.4, 0.5) is 0 Å². The van der Waals surface area contributed by atoms with Crippen LogP contribution in [-0.2, 0) is 5.41 Å². The number of aryl methyl sites for hydroxylation is 2. The van der Waals surface area contributed by atoms with Crippen LogP contribution in [0.1, 0.15) is 36.1 Å². The zero-order chi connectivity index (χ0) is 29.5. The van der Waals surface area contributed by atoms with Crippen molar-refractivity contribution in [2.75, 3.05) is 0 Å². The fourth-order valence-electron chi connectivity index (χ4n) is 8.88. The zero-order valence-electron chi connectivity index (χ0n) is 25.4. The Kier molecular flexibility index (Phi) is 4.51. The number of hydrogen-bond donors (Lipinski definition) is 0. The Balaban J connectivity index is 1.43. The molecule has 208 valence electrons. The van der Waals surface area contributed by atoms with E-state index in [9.17, 15) is 0 Å². The summed E-state index contributed by atoms with van der Waals surface area (Å²) in [7, 11) is 0. The number of fused-ring (bicyclic) bond motifs is 12. The minimum absolute atomic E-state index is 0.0277. The first kappa shape index (κ1) is 24.4. The second-order valence-corrected chi connectivity index (χ2v) is 13.5. The molecule has 6 aromatic carbocycles. The van der Waals surface area contributed by atoms with Crippen molar-refractivity contribution in [1.82, 2.24) is 9.05 Å². The molecule has 2 nitrogen and oxygen atoms in total. The molecule has 0 fully saturated rings. The average Bonchev–Trinajstić information content (AvgIpc) is 3.62. The monoisotopic (exact) mass is 562 g/mol. The number of benzene rings is 6. The third kappa shape index (κ3) is 2.83. The lowest BCUT2D eigenvalue weighted by Crippen LogP contribution is -2.53. The molecule has 1 aliphatic heterocycles. The summed E-state index contributed by atoms with van der Waals surface area (Å²) in [6, 6.07) is 43.7. The summed E-state index contributed by atoms with van der Waals surface area (Å²) in [5, 5.41) is 5.33. The van der Waals surface area contributed by atoms with Crippen LogP contribution in [-0.4, -0.2) is 15.9 Å². The number of rotatable bonds is 1. The molecule has 3 heteroatoms. The molecule has 0 atom stereocenters. The molecule has 44 heavy (non-hydrogen) atoms. The average molecular weight is 563 g/mol. The van der Waals surface area contributed by atoms with Crippen molar-refractivity contribution in [3.05, 3.63) is 138 Å². The summed E-state index contributed by atoms with van der Waals surface area (Å²) >= 11 is 0. The lowest BCUT2D eigenvalue weighted by atomic mass is 9.48. The van der Waals surface area contributed by atoms with Gasteiger partial charge in [-0.05, 0) is 77.4 Å². The smallest absolute Gasteiger partial charge is 0.332 e. The molecule has 0 amide bonds. The van der Waals surface area contributed by atoms with Crippen molar-refractivity contribution in [3.8, 4) is 16.8 Å². The molecule has 0 spiro atoms. The van der Waals surface area contributed by atoms with Gasteiger partial charge in [0.2, 0.25) is 0 Å². The standard InChI is InChI=1S/C41H31BN2/c1-24-17-20-35-30(21-24)31-22-25(2)23-34-39(31)43(35)37-16-10-8-14-33(37)42(34)44-36-15-9-6-12-27(36)29-19-18-28-26-11-5-7-13-32(26)41(3,4)38(28)40(29)44/h5-23H,1-4H3. The van der Waals surface area contributed by atoms with Gasteiger partial charge in [0.25, 0.3) is 0 Å². The molecule has 0 bridgehead atoms. The summed E-state index contributed by atoms with van der Waals surface area (Å²) in [6.07, 6.45) is 0. The van der Waals surface area contributed by atoms with Crippen molar-refractivity contribution in [2.24, 2.45) is 0 Å². The van der Waals surface area contributed by atoms with Crippen LogP contribution in [0.5, 0.6) is 0 Å². The van der Waals surface area contributed by atoms with Gasteiger partial charge >= 0.3 is 6.85 Å². The zero-order valence-corrected chi connectivity index (χ0v) is 25.4. The van der Waals surface area contributed by atoms with Crippen LogP contribution in [0, 0.1) is 13.8 Å². The van der Waals surface area contributed by atoms with E-state index >= 15 is 0 Å². The second kappa shape index (κ2) is 8.12. The molecule has 2 aromatic heterocycles. The van der Waals surface area contributed by atoms with Gasteiger partial charge in [-0.3, -0.25) is 0 Å². The van der Waals surface area contributed by atoms with E-state index < -0.39 is 0 Å². The van der Waals surface area contributed by atoms with Crippen LogP contribution in [0.3, 0.4) is 0 Å². The molecule has 0 radical (unpaired) electrons. The second-order valence-electron chi connectivity index (χ2n) is 13.5. The summed E-state index contributed by atoms with van der Waals surface area (Å²) in [6.45, 7) is 9.32. The minimum atomic E-state index is -0.125. The van der Waals surface area contributed by atoms with Crippen molar-refractivity contribution >= 4 is 61.4 Å². The molecule has 0 N–H and O–H groups in total. The Morgan fingerprint density at radius 3 is 2.23 bits per heavy atom. The van der Waals surface area contributed by atoms with Crippen molar-refractivity contribution < 1.29 is 0 Å². The first-order valence-corrected chi connectivity index (χ1v) is 15.7. The van der Waals surface area contributed by atoms with Gasteiger partial charge in [-0.2, -0.15) is 0 Å². The van der Waals surface area contributed by atoms with Crippen LogP contribution < -0.4 is 10.9 Å². The largest absolute Gasteiger partial charge is 0.376 e. The minimum Gasteiger partial charge on any atom is -0.376 e. The number of para-hydroxylation sites is 2. The summed E-state index contributed by atoms with van der Waals surface area (Å²) in [4.78, 5) is 0. The third-order valence-corrected chi connectivity index (χ3v) is 10.6. The Bertz CT molecular complexity index is 2560. The molecule has 8 aromatic rings. The van der Waals surface area contributed by atoms with Crippen LogP contribution >= 0.6 is 0 Å². The van der Waals surface area contributed by atoms with E-state index in [0.717, 1.165) is 0 Å². The van der Waals surface area contributed by atoms with Gasteiger partial charge in [-0.25, -0.2) is 0 Å². The van der Waals surface area contributed by atoms with Gasteiger partial charge in [0.05, 0.1) is 11.0 Å². The lowest BCUT2D eigenvalue weighted by molar-refractivity contribution is 0.664. The van der Waals surface area contributed by atoms with Crippen molar-refractivity contribution in [3.63, 3.8) is 0 Å². The maximum Gasteiger partial charge on any atom is 0.332 e. The highest BCUT2D eigenvalue weighted by Crippen LogP contribution is 2.52. The van der Waals surface area contributed by atoms with Crippen LogP contribution in [0.15, 0.2) is 115 Å². The van der Waals surface area contributed by atoms with E-state index in [0.29, 0.717) is 0 Å². The molecule has 3 heterocycles. The Hall–Kier alpha value is -5.02. The fourth-order valence-corrected chi connectivity index (χ4v) is 8.88. The van der Waals surface area contributed by atoms with Gasteiger partial charge < -0.3 is 9.05 Å². The Morgan fingerprint density at radius 1 is 0.545 bits per heavy atom. The molecule has 2 aliphatic rings. The predicted octanol–water partition coefficient (Wildman–Crippen LogP) is 8.78. The van der Waals surface area contributed by atoms with Gasteiger partial charge in [0.1, 0.15) is 0 Å². The van der Waals surface area contributed by atoms with Gasteiger partial charge in [-0.1, -0.05) is 110 Å². The normalized spacial score (nSPS) is 14.5. The first-order valence-electron chi connectivity index (χ1n) is 15.7. The SMILES string of the molecule is Cc1ccc2c(c1)c1cc(C)cc3c1n2-c1ccccc1B3n1c2ccccc2c2ccc3c(c21)C(C)(C)c1ccccc1-3. The third-order valence-electron chi connectivity index (χ3n) is 10.6. The van der Waals surface area contributed by atoms with Crippen LogP contribution in [0.25, 0.3) is 60.4 Å². The van der Waals surface area contributed by atoms with Crippen molar-refractivity contribution in [1.29, 1.82) is 0 Å². The fraction of sp³-hybridized carbons (Fsp3) is 0.122. The molecule has 0 saturated heterocycles. The van der Waals surface area contributed by atoms with E-state index in [2.05, 4.69) is 152 Å². The van der Waals surface area contributed by atoms with Gasteiger partial charge in [-0.15, -0.1) is 0 Å². The first-order chi connectivity index (χ1) is 21.4. The van der Waals surface area contributed by atoms with Gasteiger partial charge in [0.15, 0.2) is 0 Å². The topological polar surface area (TPSA) is 9.86 Å². The van der Waals surface area contributed by atoms with E-state index in [4.69, 9.17) is 0 Å². The molecular weight excluding hydrogens is 531 g/mol. The Morgan fingerprint density at radius 2 is 1.32 bits per heavy atom. The summed E-state index contributed by atoms with van der Waals surface area (Å²) in [5.41, 5.74) is 17.3. The molecular formula is C41H31BN2. The molecule has 10 rings (SSSR count). The number of hydrogen-bond acceptors (Lipinski definition) is 0. The highest BCUT2D eigenvalue weighted by atomic mass is 15.0. The molecule has 1 aliphatic carbocycles.